The Bertz CT molecular complexity index is 1070. The molecule has 0 saturated carbocycles. The van der Waals surface area contributed by atoms with Crippen LogP contribution in [0.25, 0.3) is 11.5 Å². The molecule has 144 valence electrons. The van der Waals surface area contributed by atoms with Crippen molar-refractivity contribution in [1.82, 2.24) is 19.9 Å². The predicted octanol–water partition coefficient (Wildman–Crippen LogP) is 1.96. The molecule has 0 aliphatic rings. The zero-order valence-corrected chi connectivity index (χ0v) is 15.1. The van der Waals surface area contributed by atoms with Crippen molar-refractivity contribution in [2.45, 2.75) is 6.54 Å². The van der Waals surface area contributed by atoms with E-state index in [1.165, 1.54) is 49.5 Å². The number of aromatic hydroxyl groups is 1. The summed E-state index contributed by atoms with van der Waals surface area (Å²) in [5.41, 5.74) is -0.405. The van der Waals surface area contributed by atoms with Crippen LogP contribution in [0, 0.1) is 5.82 Å². The maximum absolute atomic E-state index is 13.0. The van der Waals surface area contributed by atoms with E-state index in [0.717, 1.165) is 0 Å². The third kappa shape index (κ3) is 3.83. The lowest BCUT2D eigenvalue weighted by atomic mass is 10.2. The highest BCUT2D eigenvalue weighted by Crippen LogP contribution is 2.25. The van der Waals surface area contributed by atoms with Crippen LogP contribution < -0.4 is 10.3 Å². The number of carbonyl (C=O) groups excluding carboxylic acids is 1. The molecule has 0 aliphatic heterocycles. The monoisotopic (exact) mass is 384 g/mol. The second-order valence-electron chi connectivity index (χ2n) is 5.95. The lowest BCUT2D eigenvalue weighted by Gasteiger charge is -2.17. The van der Waals surface area contributed by atoms with Crippen molar-refractivity contribution in [3.8, 4) is 23.0 Å². The Morgan fingerprint density at radius 1 is 1.29 bits per heavy atom. The van der Waals surface area contributed by atoms with Gasteiger partial charge in [-0.1, -0.05) is 12.1 Å². The Hall–Kier alpha value is -3.75. The number of aromatic nitrogens is 3. The summed E-state index contributed by atoms with van der Waals surface area (Å²) in [4.78, 5) is 36.7. The molecule has 2 N–H and O–H groups in total. The van der Waals surface area contributed by atoms with Crippen molar-refractivity contribution in [3.05, 3.63) is 70.0 Å². The Balaban J connectivity index is 1.96. The van der Waals surface area contributed by atoms with Gasteiger partial charge >= 0.3 is 0 Å². The highest BCUT2D eigenvalue weighted by atomic mass is 19.1. The molecule has 0 unspecified atom stereocenters. The molecular weight excluding hydrogens is 367 g/mol. The molecule has 0 aliphatic carbocycles. The fourth-order valence-corrected chi connectivity index (χ4v) is 2.58. The highest BCUT2D eigenvalue weighted by Gasteiger charge is 2.23. The Kier molecular flexibility index (Phi) is 5.35. The molecule has 2 heterocycles. The summed E-state index contributed by atoms with van der Waals surface area (Å²) in [6.45, 7) is 0.134. The third-order valence-electron chi connectivity index (χ3n) is 3.99. The molecule has 0 fully saturated rings. The van der Waals surface area contributed by atoms with Gasteiger partial charge in [0.2, 0.25) is 5.75 Å². The Morgan fingerprint density at radius 3 is 2.68 bits per heavy atom. The Morgan fingerprint density at radius 2 is 2.00 bits per heavy atom. The topological polar surface area (TPSA) is 108 Å². The third-order valence-corrected chi connectivity index (χ3v) is 3.99. The van der Waals surface area contributed by atoms with Crippen LogP contribution in [-0.2, 0) is 6.54 Å². The number of nitrogens with zero attached hydrogens (tertiary/aromatic N) is 3. The number of amides is 1. The predicted molar refractivity (Wildman–Crippen MR) is 98.5 cm³/mol. The molecule has 0 spiro atoms. The molecule has 8 nitrogen and oxygen atoms in total. The minimum absolute atomic E-state index is 0.0150. The van der Waals surface area contributed by atoms with Crippen LogP contribution in [0.1, 0.15) is 16.1 Å². The van der Waals surface area contributed by atoms with Gasteiger partial charge in [-0.15, -0.1) is 0 Å². The fourth-order valence-electron chi connectivity index (χ4n) is 2.58. The molecule has 28 heavy (non-hydrogen) atoms. The van der Waals surface area contributed by atoms with E-state index in [1.54, 1.807) is 12.1 Å². The SMILES string of the molecule is COc1cccnc1-c1nc(C(=O)N(C)Cc2ccc(F)cc2)c(O)c(=O)[nH]1. The molecule has 0 bridgehead atoms. The van der Waals surface area contributed by atoms with Crippen molar-refractivity contribution in [3.63, 3.8) is 0 Å². The van der Waals surface area contributed by atoms with Gasteiger partial charge in [0.05, 0.1) is 7.11 Å². The van der Waals surface area contributed by atoms with Crippen LogP contribution in [0.15, 0.2) is 47.4 Å². The number of H-pyrrole nitrogens is 1. The summed E-state index contributed by atoms with van der Waals surface area (Å²) in [5.74, 6) is -1.53. The number of rotatable bonds is 5. The van der Waals surface area contributed by atoms with Gasteiger partial charge in [-0.2, -0.15) is 0 Å². The molecule has 9 heteroatoms. The fraction of sp³-hybridized carbons (Fsp3) is 0.158. The minimum Gasteiger partial charge on any atom is -0.501 e. The van der Waals surface area contributed by atoms with Gasteiger partial charge in [0.25, 0.3) is 11.5 Å². The lowest BCUT2D eigenvalue weighted by Crippen LogP contribution is -2.29. The number of nitrogens with one attached hydrogen (secondary N) is 1. The number of hydrogen-bond donors (Lipinski definition) is 2. The molecule has 2 aromatic heterocycles. The van der Waals surface area contributed by atoms with Crippen LogP contribution in [0.3, 0.4) is 0 Å². The quantitative estimate of drug-likeness (QED) is 0.696. The van der Waals surface area contributed by atoms with Crippen molar-refractivity contribution in [2.24, 2.45) is 0 Å². The van der Waals surface area contributed by atoms with Gasteiger partial charge in [0, 0.05) is 19.8 Å². The van der Waals surface area contributed by atoms with Gasteiger partial charge in [-0.3, -0.25) is 9.59 Å². The van der Waals surface area contributed by atoms with E-state index >= 15 is 0 Å². The van der Waals surface area contributed by atoms with E-state index in [0.29, 0.717) is 11.3 Å². The van der Waals surface area contributed by atoms with Crippen molar-refractivity contribution < 1.29 is 19.0 Å². The number of halogens is 1. The standard InChI is InChI=1S/C19H17FN4O4/c1-24(10-11-5-7-12(20)8-6-11)19(27)15-16(25)18(26)23-17(22-15)14-13(28-2)4-3-9-21-14/h3-9,25H,10H2,1-2H3,(H,22,23,26). The van der Waals surface area contributed by atoms with Crippen LogP contribution in [-0.4, -0.2) is 45.0 Å². The molecule has 0 saturated heterocycles. The maximum atomic E-state index is 13.0. The van der Waals surface area contributed by atoms with Gasteiger partial charge < -0.3 is 19.7 Å². The van der Waals surface area contributed by atoms with Gasteiger partial charge in [0.1, 0.15) is 17.3 Å². The van der Waals surface area contributed by atoms with Crippen molar-refractivity contribution in [2.75, 3.05) is 14.2 Å². The molecule has 0 radical (unpaired) electrons. The lowest BCUT2D eigenvalue weighted by molar-refractivity contribution is 0.0775. The molecule has 1 amide bonds. The van der Waals surface area contributed by atoms with E-state index in [1.807, 2.05) is 0 Å². The average molecular weight is 384 g/mol. The van der Waals surface area contributed by atoms with Gasteiger partial charge in [0.15, 0.2) is 11.5 Å². The van der Waals surface area contributed by atoms with E-state index < -0.39 is 22.9 Å². The number of carbonyl (C=O) groups is 1. The van der Waals surface area contributed by atoms with Gasteiger partial charge in [-0.05, 0) is 29.8 Å². The number of hydrogen-bond acceptors (Lipinski definition) is 6. The first-order valence-electron chi connectivity index (χ1n) is 8.23. The van der Waals surface area contributed by atoms with E-state index in [2.05, 4.69) is 15.0 Å². The normalized spacial score (nSPS) is 10.5. The molecule has 0 atom stereocenters. The second-order valence-corrected chi connectivity index (χ2v) is 5.95. The van der Waals surface area contributed by atoms with E-state index in [4.69, 9.17) is 4.74 Å². The largest absolute Gasteiger partial charge is 0.501 e. The van der Waals surface area contributed by atoms with Crippen LogP contribution in [0.2, 0.25) is 0 Å². The zero-order valence-electron chi connectivity index (χ0n) is 15.1. The first-order valence-corrected chi connectivity index (χ1v) is 8.23. The number of benzene rings is 1. The maximum Gasteiger partial charge on any atom is 0.294 e. The first kappa shape index (κ1) is 19.0. The number of methoxy groups -OCH3 is 1. The highest BCUT2D eigenvalue weighted by molar-refractivity contribution is 5.95. The first-order chi connectivity index (χ1) is 13.4. The summed E-state index contributed by atoms with van der Waals surface area (Å²) in [5, 5.41) is 10.1. The second kappa shape index (κ2) is 7.87. The minimum atomic E-state index is -0.878. The molecule has 3 aromatic rings. The summed E-state index contributed by atoms with van der Waals surface area (Å²) in [6.07, 6.45) is 1.48. The zero-order chi connectivity index (χ0) is 20.3. The van der Waals surface area contributed by atoms with Crippen LogP contribution in [0.5, 0.6) is 11.5 Å². The summed E-state index contributed by atoms with van der Waals surface area (Å²) >= 11 is 0. The number of pyridine rings is 1. The molecule has 3 rings (SSSR count). The van der Waals surface area contributed by atoms with E-state index in [9.17, 15) is 19.1 Å². The smallest absolute Gasteiger partial charge is 0.294 e. The summed E-state index contributed by atoms with van der Waals surface area (Å²) in [7, 11) is 2.91. The average Bonchev–Trinajstić information content (AvgIpc) is 2.71. The van der Waals surface area contributed by atoms with Crippen LogP contribution >= 0.6 is 0 Å². The molecular formula is C19H17FN4O4. The van der Waals surface area contributed by atoms with E-state index in [-0.39, 0.29) is 23.9 Å². The van der Waals surface area contributed by atoms with Crippen molar-refractivity contribution in [1.29, 1.82) is 0 Å². The van der Waals surface area contributed by atoms with Crippen LogP contribution in [0.4, 0.5) is 4.39 Å². The number of ether oxygens (including phenoxy) is 1. The Labute approximate surface area is 159 Å². The summed E-state index contributed by atoms with van der Waals surface area (Å²) in [6, 6.07) is 8.90. The number of aromatic amines is 1. The molecule has 1 aromatic carbocycles. The summed E-state index contributed by atoms with van der Waals surface area (Å²) < 4.78 is 18.2. The van der Waals surface area contributed by atoms with Crippen molar-refractivity contribution >= 4 is 5.91 Å². The van der Waals surface area contributed by atoms with Gasteiger partial charge in [-0.25, -0.2) is 14.4 Å².